The Morgan fingerprint density at radius 3 is 2.81 bits per heavy atom. The maximum atomic E-state index is 5.16. The topological polar surface area (TPSA) is 40.2 Å². The fourth-order valence-electron chi connectivity index (χ4n) is 2.08. The molecule has 2 N–H and O–H groups in total. The van der Waals surface area contributed by atoms with Crippen LogP contribution in [0.2, 0.25) is 0 Å². The highest BCUT2D eigenvalue weighted by Gasteiger charge is 2.13. The van der Waals surface area contributed by atoms with E-state index in [0.29, 0.717) is 12.6 Å². The van der Waals surface area contributed by atoms with Crippen LogP contribution in [0.25, 0.3) is 10.9 Å². The number of benzene rings is 1. The molecule has 0 unspecified atom stereocenters. The third-order valence-electron chi connectivity index (χ3n) is 2.64. The van der Waals surface area contributed by atoms with Gasteiger partial charge in [-0.15, -0.1) is 0 Å². The van der Waals surface area contributed by atoms with Crippen molar-refractivity contribution in [2.75, 3.05) is 0 Å². The number of halogens is 1. The highest BCUT2D eigenvalue weighted by molar-refractivity contribution is 9.10. The quantitative estimate of drug-likeness (QED) is 0.877. The third kappa shape index (κ3) is 1.88. The number of para-hydroxylation sites is 1. The Morgan fingerprint density at radius 2 is 2.19 bits per heavy atom. The van der Waals surface area contributed by atoms with Crippen molar-refractivity contribution in [2.24, 2.45) is 5.90 Å². The van der Waals surface area contributed by atoms with Crippen molar-refractivity contribution in [3.8, 4) is 0 Å². The number of nitrogens with two attached hydrogens (primary N) is 1. The molecule has 0 aliphatic heterocycles. The zero-order valence-corrected chi connectivity index (χ0v) is 11.0. The van der Waals surface area contributed by atoms with Crippen LogP contribution in [0.3, 0.4) is 0 Å². The van der Waals surface area contributed by atoms with E-state index in [9.17, 15) is 0 Å². The Morgan fingerprint density at radius 1 is 1.44 bits per heavy atom. The summed E-state index contributed by atoms with van der Waals surface area (Å²) in [5.74, 6) is 5.16. The number of fused-ring (bicyclic) bond motifs is 1. The number of hydrogen-bond donors (Lipinski definition) is 1. The molecule has 2 rings (SSSR count). The number of rotatable bonds is 3. The van der Waals surface area contributed by atoms with Crippen LogP contribution in [0, 0.1) is 0 Å². The van der Waals surface area contributed by atoms with E-state index >= 15 is 0 Å². The minimum atomic E-state index is 0.376. The van der Waals surface area contributed by atoms with Gasteiger partial charge in [-0.2, -0.15) is 0 Å². The van der Waals surface area contributed by atoms with E-state index < -0.39 is 0 Å². The molecule has 0 radical (unpaired) electrons. The molecule has 0 bridgehead atoms. The Balaban J connectivity index is 2.72. The van der Waals surface area contributed by atoms with Crippen molar-refractivity contribution >= 4 is 26.8 Å². The van der Waals surface area contributed by atoms with Gasteiger partial charge in [0.25, 0.3) is 0 Å². The standard InChI is InChI=1S/C12H15BrN2O/c1-8(2)15-10(7-16-14)6-9-4-3-5-11(13)12(9)15/h3-6,8H,7,14H2,1-2H3. The molecule has 0 fully saturated rings. The summed E-state index contributed by atoms with van der Waals surface area (Å²) in [7, 11) is 0. The lowest BCUT2D eigenvalue weighted by Gasteiger charge is -2.14. The zero-order valence-electron chi connectivity index (χ0n) is 9.40. The maximum absolute atomic E-state index is 5.16. The molecule has 0 spiro atoms. The minimum Gasteiger partial charge on any atom is -0.339 e. The van der Waals surface area contributed by atoms with Gasteiger partial charge in [-0.1, -0.05) is 12.1 Å². The van der Waals surface area contributed by atoms with Gasteiger partial charge >= 0.3 is 0 Å². The molecule has 1 aromatic heterocycles. The minimum absolute atomic E-state index is 0.376. The number of hydrogen-bond acceptors (Lipinski definition) is 2. The largest absolute Gasteiger partial charge is 0.339 e. The first kappa shape index (κ1) is 11.6. The normalized spacial score (nSPS) is 11.6. The second kappa shape index (κ2) is 4.57. The van der Waals surface area contributed by atoms with E-state index in [2.05, 4.69) is 46.5 Å². The van der Waals surface area contributed by atoms with Gasteiger partial charge in [0.1, 0.15) is 6.61 Å². The lowest BCUT2D eigenvalue weighted by atomic mass is 10.2. The third-order valence-corrected chi connectivity index (χ3v) is 3.28. The van der Waals surface area contributed by atoms with Crippen molar-refractivity contribution in [1.29, 1.82) is 0 Å². The fourth-order valence-corrected chi connectivity index (χ4v) is 2.65. The maximum Gasteiger partial charge on any atom is 0.108 e. The summed E-state index contributed by atoms with van der Waals surface area (Å²) in [6, 6.07) is 8.67. The van der Waals surface area contributed by atoms with Gasteiger partial charge in [0.2, 0.25) is 0 Å². The Kier molecular flexibility index (Phi) is 3.33. The lowest BCUT2D eigenvalue weighted by Crippen LogP contribution is -2.09. The molecule has 1 heterocycles. The summed E-state index contributed by atoms with van der Waals surface area (Å²) in [6.45, 7) is 4.73. The van der Waals surface area contributed by atoms with Gasteiger partial charge in [0.15, 0.2) is 0 Å². The number of nitrogens with zero attached hydrogens (tertiary/aromatic N) is 1. The molecular formula is C12H15BrN2O. The first-order chi connectivity index (χ1) is 7.65. The first-order valence-electron chi connectivity index (χ1n) is 5.25. The monoisotopic (exact) mass is 282 g/mol. The fraction of sp³-hybridized carbons (Fsp3) is 0.333. The van der Waals surface area contributed by atoms with Crippen LogP contribution in [0.5, 0.6) is 0 Å². The molecular weight excluding hydrogens is 268 g/mol. The van der Waals surface area contributed by atoms with E-state index in [1.54, 1.807) is 0 Å². The first-order valence-corrected chi connectivity index (χ1v) is 6.04. The molecule has 2 aromatic rings. The molecule has 3 nitrogen and oxygen atoms in total. The summed E-state index contributed by atoms with van der Waals surface area (Å²) in [4.78, 5) is 4.75. The molecule has 0 saturated carbocycles. The van der Waals surface area contributed by atoms with Crippen LogP contribution < -0.4 is 5.90 Å². The van der Waals surface area contributed by atoms with E-state index in [0.717, 1.165) is 10.2 Å². The Bertz CT molecular complexity index is 505. The van der Waals surface area contributed by atoms with Gasteiger partial charge < -0.3 is 4.57 Å². The van der Waals surface area contributed by atoms with Gasteiger partial charge in [-0.25, -0.2) is 5.90 Å². The number of aromatic nitrogens is 1. The van der Waals surface area contributed by atoms with Crippen LogP contribution in [-0.4, -0.2) is 4.57 Å². The van der Waals surface area contributed by atoms with E-state index in [-0.39, 0.29) is 0 Å². The Labute approximate surface area is 103 Å². The summed E-state index contributed by atoms with van der Waals surface area (Å²) in [5.41, 5.74) is 2.30. The SMILES string of the molecule is CC(C)n1c(CON)cc2cccc(Br)c21. The van der Waals surface area contributed by atoms with Gasteiger partial charge in [-0.05, 0) is 41.9 Å². The Hall–Kier alpha value is -0.840. The zero-order chi connectivity index (χ0) is 11.7. The van der Waals surface area contributed by atoms with Crippen LogP contribution in [0.4, 0.5) is 0 Å². The average molecular weight is 283 g/mol. The lowest BCUT2D eigenvalue weighted by molar-refractivity contribution is 0.118. The van der Waals surface area contributed by atoms with Crippen molar-refractivity contribution in [1.82, 2.24) is 4.57 Å². The van der Waals surface area contributed by atoms with Crippen molar-refractivity contribution in [3.05, 3.63) is 34.4 Å². The molecule has 0 saturated heterocycles. The van der Waals surface area contributed by atoms with Crippen LogP contribution in [0.1, 0.15) is 25.6 Å². The summed E-state index contributed by atoms with van der Waals surface area (Å²) in [6.07, 6.45) is 0. The second-order valence-corrected chi connectivity index (χ2v) is 4.94. The van der Waals surface area contributed by atoms with Crippen molar-refractivity contribution in [3.63, 3.8) is 0 Å². The highest BCUT2D eigenvalue weighted by atomic mass is 79.9. The molecule has 4 heteroatoms. The van der Waals surface area contributed by atoms with Crippen LogP contribution >= 0.6 is 15.9 Å². The van der Waals surface area contributed by atoms with E-state index in [1.807, 2.05) is 12.1 Å². The molecule has 0 amide bonds. The molecule has 0 aliphatic carbocycles. The van der Waals surface area contributed by atoms with Crippen LogP contribution in [-0.2, 0) is 11.4 Å². The van der Waals surface area contributed by atoms with Crippen molar-refractivity contribution < 1.29 is 4.84 Å². The molecule has 0 aliphatic rings. The van der Waals surface area contributed by atoms with E-state index in [1.165, 1.54) is 10.9 Å². The smallest absolute Gasteiger partial charge is 0.108 e. The van der Waals surface area contributed by atoms with Crippen molar-refractivity contribution in [2.45, 2.75) is 26.5 Å². The van der Waals surface area contributed by atoms with Gasteiger partial charge in [0, 0.05) is 21.6 Å². The summed E-state index contributed by atoms with van der Waals surface area (Å²) >= 11 is 3.59. The van der Waals surface area contributed by atoms with Gasteiger partial charge in [0.05, 0.1) is 5.52 Å². The van der Waals surface area contributed by atoms with E-state index in [4.69, 9.17) is 10.7 Å². The summed E-state index contributed by atoms with van der Waals surface area (Å²) < 4.78 is 3.34. The molecule has 16 heavy (non-hydrogen) atoms. The highest BCUT2D eigenvalue weighted by Crippen LogP contribution is 2.30. The molecule has 0 atom stereocenters. The summed E-state index contributed by atoms with van der Waals surface area (Å²) in [5, 5.41) is 1.20. The second-order valence-electron chi connectivity index (χ2n) is 4.09. The molecule has 1 aromatic carbocycles. The van der Waals surface area contributed by atoms with Crippen LogP contribution in [0.15, 0.2) is 28.7 Å². The average Bonchev–Trinajstić information content (AvgIpc) is 2.58. The molecule has 86 valence electrons. The predicted octanol–water partition coefficient (Wildman–Crippen LogP) is 3.38. The predicted molar refractivity (Wildman–Crippen MR) is 69.0 cm³/mol. The van der Waals surface area contributed by atoms with Gasteiger partial charge in [-0.3, -0.25) is 4.84 Å².